The second-order valence-corrected chi connectivity index (χ2v) is 11.9. The first kappa shape index (κ1) is 28.5. The number of fused-ring (bicyclic) bond motifs is 2. The normalized spacial score (nSPS) is 14.1. The molecule has 3 aromatic carbocycles. The van der Waals surface area contributed by atoms with Gasteiger partial charge < -0.3 is 15.1 Å². The number of carbonyl (C=O) groups is 2. The van der Waals surface area contributed by atoms with Crippen molar-refractivity contribution in [2.24, 2.45) is 0 Å². The van der Waals surface area contributed by atoms with Gasteiger partial charge in [-0.25, -0.2) is 8.42 Å². The number of amides is 2. The summed E-state index contributed by atoms with van der Waals surface area (Å²) in [6.45, 7) is 9.95. The van der Waals surface area contributed by atoms with Gasteiger partial charge in [-0.1, -0.05) is 55.8 Å². The number of nitrogens with one attached hydrogen (secondary N) is 1. The minimum atomic E-state index is -3.99. The Balaban J connectivity index is 1.65. The quantitative estimate of drug-likeness (QED) is 0.332. The summed E-state index contributed by atoms with van der Waals surface area (Å²) in [6, 6.07) is 18.5. The standard InChI is InChI=1S/C31H37N3O4S/c1-4-17-33(18-5-2)19-9-16-32-30(35)25-14-15-29-27(21-25)34(22-24-11-8-10-23(3)20-24)31(36)26-12-6-7-13-28(26)39(29,37)38/h6-8,10-15,20-21H,4-5,9,16-19,22H2,1-3H3,(H,32,35). The van der Waals surface area contributed by atoms with E-state index in [0.29, 0.717) is 12.1 Å². The molecule has 0 unspecified atom stereocenters. The number of aryl methyl sites for hydroxylation is 1. The van der Waals surface area contributed by atoms with E-state index in [1.54, 1.807) is 18.2 Å². The molecule has 206 valence electrons. The second kappa shape index (κ2) is 12.6. The van der Waals surface area contributed by atoms with E-state index in [-0.39, 0.29) is 33.5 Å². The minimum absolute atomic E-state index is 0.0137. The number of hydrogen-bond donors (Lipinski definition) is 1. The largest absolute Gasteiger partial charge is 0.352 e. The van der Waals surface area contributed by atoms with E-state index in [1.807, 2.05) is 31.2 Å². The van der Waals surface area contributed by atoms with Crippen LogP contribution in [-0.2, 0) is 16.4 Å². The van der Waals surface area contributed by atoms with E-state index in [9.17, 15) is 18.0 Å². The SMILES string of the molecule is CCCN(CCC)CCCNC(=O)c1ccc2c(c1)N(Cc1cccc(C)c1)C(=O)c1ccccc1S2(=O)=O. The Hall–Kier alpha value is -3.49. The maximum Gasteiger partial charge on any atom is 0.259 e. The number of nitrogens with zero attached hydrogens (tertiary/aromatic N) is 2. The highest BCUT2D eigenvalue weighted by molar-refractivity contribution is 7.91. The molecule has 0 saturated carbocycles. The first-order chi connectivity index (χ1) is 18.8. The van der Waals surface area contributed by atoms with E-state index in [0.717, 1.165) is 50.0 Å². The summed E-state index contributed by atoms with van der Waals surface area (Å²) in [6.07, 6.45) is 3.00. The van der Waals surface area contributed by atoms with E-state index >= 15 is 0 Å². The fourth-order valence-corrected chi connectivity index (χ4v) is 6.70. The van der Waals surface area contributed by atoms with Crippen LogP contribution in [0.15, 0.2) is 76.5 Å². The van der Waals surface area contributed by atoms with Crippen molar-refractivity contribution in [3.63, 3.8) is 0 Å². The summed E-state index contributed by atoms with van der Waals surface area (Å²) in [7, 11) is -3.99. The molecule has 4 rings (SSSR count). The Morgan fingerprint density at radius 1 is 0.897 bits per heavy atom. The van der Waals surface area contributed by atoms with Crippen LogP contribution in [0, 0.1) is 6.92 Å². The third-order valence-electron chi connectivity index (χ3n) is 6.89. The third-order valence-corrected chi connectivity index (χ3v) is 8.75. The Kier molecular flexibility index (Phi) is 9.20. The van der Waals surface area contributed by atoms with Crippen molar-refractivity contribution in [1.29, 1.82) is 0 Å². The molecule has 8 heteroatoms. The predicted octanol–water partition coefficient (Wildman–Crippen LogP) is 5.23. The lowest BCUT2D eigenvalue weighted by molar-refractivity contribution is 0.0948. The van der Waals surface area contributed by atoms with Gasteiger partial charge in [0.15, 0.2) is 0 Å². The smallest absolute Gasteiger partial charge is 0.259 e. The summed E-state index contributed by atoms with van der Waals surface area (Å²) in [5.41, 5.74) is 2.55. The Labute approximate surface area is 231 Å². The minimum Gasteiger partial charge on any atom is -0.352 e. The maximum absolute atomic E-state index is 13.8. The zero-order chi connectivity index (χ0) is 28.0. The lowest BCUT2D eigenvalue weighted by Crippen LogP contribution is -2.32. The van der Waals surface area contributed by atoms with Crippen LogP contribution in [0.4, 0.5) is 5.69 Å². The molecule has 3 aromatic rings. The predicted molar refractivity (Wildman–Crippen MR) is 154 cm³/mol. The van der Waals surface area contributed by atoms with E-state index < -0.39 is 15.7 Å². The molecule has 0 fully saturated rings. The summed E-state index contributed by atoms with van der Waals surface area (Å²) in [5.74, 6) is -0.712. The molecule has 39 heavy (non-hydrogen) atoms. The number of anilines is 1. The van der Waals surface area contributed by atoms with Crippen LogP contribution in [-0.4, -0.2) is 51.3 Å². The maximum atomic E-state index is 13.8. The Morgan fingerprint density at radius 3 is 2.36 bits per heavy atom. The molecule has 1 aliphatic rings. The van der Waals surface area contributed by atoms with Gasteiger partial charge in [0.25, 0.3) is 11.8 Å². The second-order valence-electron chi connectivity index (χ2n) is 10.0. The number of carbonyl (C=O) groups excluding carboxylic acids is 2. The van der Waals surface area contributed by atoms with Gasteiger partial charge in [0.2, 0.25) is 9.84 Å². The van der Waals surface area contributed by atoms with Crippen LogP contribution in [0.1, 0.15) is 65.0 Å². The molecule has 0 aliphatic carbocycles. The number of benzene rings is 3. The van der Waals surface area contributed by atoms with E-state index in [4.69, 9.17) is 0 Å². The average Bonchev–Trinajstić information content (AvgIpc) is 2.99. The molecule has 0 atom stereocenters. The van der Waals surface area contributed by atoms with Crippen LogP contribution < -0.4 is 10.2 Å². The molecule has 2 amide bonds. The number of hydrogen-bond acceptors (Lipinski definition) is 5. The number of sulfone groups is 1. The summed E-state index contributed by atoms with van der Waals surface area (Å²) < 4.78 is 27.4. The van der Waals surface area contributed by atoms with Gasteiger partial charge in [0.05, 0.1) is 27.6 Å². The van der Waals surface area contributed by atoms with Crippen molar-refractivity contribution >= 4 is 27.3 Å². The van der Waals surface area contributed by atoms with Crippen LogP contribution in [0.25, 0.3) is 0 Å². The first-order valence-corrected chi connectivity index (χ1v) is 15.1. The van der Waals surface area contributed by atoms with Gasteiger partial charge in [0.1, 0.15) is 0 Å². The molecule has 1 N–H and O–H groups in total. The molecule has 1 aliphatic heterocycles. The fraction of sp³-hybridized carbons (Fsp3) is 0.355. The molecule has 0 spiro atoms. The zero-order valence-corrected chi connectivity index (χ0v) is 23.8. The van der Waals surface area contributed by atoms with Crippen molar-refractivity contribution in [1.82, 2.24) is 10.2 Å². The van der Waals surface area contributed by atoms with E-state index in [1.165, 1.54) is 29.2 Å². The molecular weight excluding hydrogens is 510 g/mol. The van der Waals surface area contributed by atoms with Crippen molar-refractivity contribution in [2.75, 3.05) is 31.1 Å². The summed E-state index contributed by atoms with van der Waals surface area (Å²) in [4.78, 5) is 30.8. The van der Waals surface area contributed by atoms with Crippen molar-refractivity contribution in [3.8, 4) is 0 Å². The lowest BCUT2D eigenvalue weighted by atomic mass is 10.1. The van der Waals surface area contributed by atoms with Crippen LogP contribution in [0.3, 0.4) is 0 Å². The van der Waals surface area contributed by atoms with E-state index in [2.05, 4.69) is 24.1 Å². The van der Waals surface area contributed by atoms with Gasteiger partial charge >= 0.3 is 0 Å². The Morgan fingerprint density at radius 2 is 1.64 bits per heavy atom. The Bertz CT molecular complexity index is 1450. The van der Waals surface area contributed by atoms with Crippen LogP contribution in [0.5, 0.6) is 0 Å². The molecule has 7 nitrogen and oxygen atoms in total. The molecule has 0 bridgehead atoms. The summed E-state index contributed by atoms with van der Waals surface area (Å²) in [5, 5.41) is 2.96. The van der Waals surface area contributed by atoms with Gasteiger partial charge in [-0.2, -0.15) is 0 Å². The van der Waals surface area contributed by atoms with Crippen molar-refractivity contribution in [2.45, 2.75) is 56.4 Å². The molecule has 0 radical (unpaired) electrons. The van der Waals surface area contributed by atoms with Crippen molar-refractivity contribution < 1.29 is 18.0 Å². The first-order valence-electron chi connectivity index (χ1n) is 13.6. The van der Waals surface area contributed by atoms with Gasteiger partial charge in [-0.05, 0) is 81.7 Å². The highest BCUT2D eigenvalue weighted by Gasteiger charge is 2.36. The van der Waals surface area contributed by atoms with Crippen LogP contribution in [0.2, 0.25) is 0 Å². The molecule has 1 heterocycles. The van der Waals surface area contributed by atoms with Gasteiger partial charge in [-0.15, -0.1) is 0 Å². The highest BCUT2D eigenvalue weighted by Crippen LogP contribution is 2.38. The molecular formula is C31H37N3O4S. The highest BCUT2D eigenvalue weighted by atomic mass is 32.2. The molecule has 0 aromatic heterocycles. The zero-order valence-electron chi connectivity index (χ0n) is 22.9. The molecule has 0 saturated heterocycles. The third kappa shape index (κ3) is 6.40. The number of rotatable bonds is 11. The summed E-state index contributed by atoms with van der Waals surface area (Å²) >= 11 is 0. The fourth-order valence-electron chi connectivity index (χ4n) is 5.07. The van der Waals surface area contributed by atoms with Crippen LogP contribution >= 0.6 is 0 Å². The van der Waals surface area contributed by atoms with Crippen molar-refractivity contribution in [3.05, 3.63) is 89.0 Å². The topological polar surface area (TPSA) is 86.8 Å². The van der Waals surface area contributed by atoms with Gasteiger partial charge in [0, 0.05) is 12.1 Å². The lowest BCUT2D eigenvalue weighted by Gasteiger charge is -2.24. The van der Waals surface area contributed by atoms with Gasteiger partial charge in [-0.3, -0.25) is 9.59 Å². The average molecular weight is 548 g/mol. The monoisotopic (exact) mass is 547 g/mol.